The number of hydrogen-bond donors (Lipinski definition) is 0. The third-order valence-electron chi connectivity index (χ3n) is 4.95. The van der Waals surface area contributed by atoms with Crippen LogP contribution in [0.3, 0.4) is 0 Å². The summed E-state index contributed by atoms with van der Waals surface area (Å²) in [5.41, 5.74) is 4.20. The monoisotopic (exact) mass is 412 g/mol. The second-order valence-electron chi connectivity index (χ2n) is 7.25. The van der Waals surface area contributed by atoms with Crippen LogP contribution < -0.4 is 9.91 Å². The summed E-state index contributed by atoms with van der Waals surface area (Å²) in [5, 5.41) is 16.8. The lowest BCUT2D eigenvalue weighted by molar-refractivity contribution is -0.384. The highest BCUT2D eigenvalue weighted by Gasteiger charge is 2.32. The average molecular weight is 412 g/mol. The van der Waals surface area contributed by atoms with E-state index in [0.29, 0.717) is 17.0 Å². The van der Waals surface area contributed by atoms with Gasteiger partial charge in [-0.15, -0.1) is 0 Å². The molecule has 1 heterocycles. The van der Waals surface area contributed by atoms with E-state index in [4.69, 9.17) is 0 Å². The molecular formula is C24H20N4O3. The molecule has 0 radical (unpaired) electrons. The first-order valence-corrected chi connectivity index (χ1v) is 9.66. The molecule has 0 unspecified atom stereocenters. The van der Waals surface area contributed by atoms with Gasteiger partial charge in [-0.2, -0.15) is 10.1 Å². The minimum absolute atomic E-state index is 0.0422. The van der Waals surface area contributed by atoms with Gasteiger partial charge in [-0.25, -0.2) is 0 Å². The molecule has 7 heteroatoms. The van der Waals surface area contributed by atoms with E-state index in [1.807, 2.05) is 79.7 Å². The molecule has 0 aromatic heterocycles. The van der Waals surface area contributed by atoms with Crippen LogP contribution in [0.2, 0.25) is 0 Å². The van der Waals surface area contributed by atoms with E-state index in [-0.39, 0.29) is 11.6 Å². The molecule has 0 atom stereocenters. The number of benzene rings is 3. The first-order valence-electron chi connectivity index (χ1n) is 9.66. The van der Waals surface area contributed by atoms with Crippen LogP contribution in [0.4, 0.5) is 17.1 Å². The fourth-order valence-corrected chi connectivity index (χ4v) is 3.28. The fourth-order valence-electron chi connectivity index (χ4n) is 3.28. The van der Waals surface area contributed by atoms with Crippen LogP contribution in [0.25, 0.3) is 6.08 Å². The van der Waals surface area contributed by atoms with Gasteiger partial charge in [-0.3, -0.25) is 14.9 Å². The Balaban J connectivity index is 1.75. The largest absolute Gasteiger partial charge is 0.378 e. The fraction of sp³-hybridized carbons (Fsp3) is 0.0833. The number of nitro groups is 1. The van der Waals surface area contributed by atoms with Gasteiger partial charge in [-0.05, 0) is 35.9 Å². The van der Waals surface area contributed by atoms with E-state index in [2.05, 4.69) is 5.10 Å². The van der Waals surface area contributed by atoms with Crippen LogP contribution >= 0.6 is 0 Å². The second-order valence-corrected chi connectivity index (χ2v) is 7.25. The number of non-ortho nitro benzene ring substituents is 1. The summed E-state index contributed by atoms with van der Waals surface area (Å²) in [6, 6.07) is 23.1. The minimum Gasteiger partial charge on any atom is -0.378 e. The number of rotatable bonds is 5. The average Bonchev–Trinajstić information content (AvgIpc) is 3.11. The lowest BCUT2D eigenvalue weighted by Crippen LogP contribution is -2.21. The zero-order valence-electron chi connectivity index (χ0n) is 17.1. The van der Waals surface area contributed by atoms with Crippen molar-refractivity contribution in [2.75, 3.05) is 24.0 Å². The maximum atomic E-state index is 13.3. The van der Waals surface area contributed by atoms with E-state index >= 15 is 0 Å². The standard InChI is InChI=1S/C24H20N4O3/c1-26(2)19-10-8-17(9-11-19)16-22-23(18-6-4-3-5-7-18)25-27(24(22)29)20-12-14-21(15-13-20)28(30)31/h3-16H,1-2H3. The Morgan fingerprint density at radius 1 is 0.935 bits per heavy atom. The van der Waals surface area contributed by atoms with Crippen molar-refractivity contribution in [1.82, 2.24) is 0 Å². The predicted octanol–water partition coefficient (Wildman–Crippen LogP) is 4.50. The maximum Gasteiger partial charge on any atom is 0.281 e. The molecule has 0 saturated carbocycles. The molecule has 4 rings (SSSR count). The van der Waals surface area contributed by atoms with Gasteiger partial charge >= 0.3 is 0 Å². The lowest BCUT2D eigenvalue weighted by Gasteiger charge is -2.12. The maximum absolute atomic E-state index is 13.3. The van der Waals surface area contributed by atoms with Gasteiger partial charge in [0.1, 0.15) is 5.71 Å². The molecule has 1 amide bonds. The Labute approximate surface area is 179 Å². The molecule has 0 fully saturated rings. The summed E-state index contributed by atoms with van der Waals surface area (Å²) < 4.78 is 0. The van der Waals surface area contributed by atoms with E-state index in [1.54, 1.807) is 0 Å². The Hall–Kier alpha value is -4.26. The van der Waals surface area contributed by atoms with E-state index in [9.17, 15) is 14.9 Å². The van der Waals surface area contributed by atoms with Gasteiger partial charge in [0, 0.05) is 37.5 Å². The molecule has 7 nitrogen and oxygen atoms in total. The van der Waals surface area contributed by atoms with Crippen LogP contribution in [0.5, 0.6) is 0 Å². The Bertz CT molecular complexity index is 1180. The van der Waals surface area contributed by atoms with E-state index in [1.165, 1.54) is 29.3 Å². The first kappa shape index (κ1) is 20.0. The van der Waals surface area contributed by atoms with Gasteiger partial charge in [0.15, 0.2) is 0 Å². The van der Waals surface area contributed by atoms with Crippen LogP contribution in [0.15, 0.2) is 89.5 Å². The van der Waals surface area contributed by atoms with E-state index < -0.39 is 4.92 Å². The molecule has 0 bridgehead atoms. The number of amides is 1. The number of carbonyl (C=O) groups excluding carboxylic acids is 1. The molecule has 0 N–H and O–H groups in total. The first-order chi connectivity index (χ1) is 14.9. The third-order valence-corrected chi connectivity index (χ3v) is 4.95. The highest BCUT2D eigenvalue weighted by molar-refractivity contribution is 6.37. The van der Waals surface area contributed by atoms with Crippen molar-refractivity contribution < 1.29 is 9.72 Å². The van der Waals surface area contributed by atoms with Gasteiger partial charge in [0.25, 0.3) is 11.6 Å². The Morgan fingerprint density at radius 3 is 2.16 bits per heavy atom. The van der Waals surface area contributed by atoms with Crippen LogP contribution in [-0.4, -0.2) is 30.6 Å². The summed E-state index contributed by atoms with van der Waals surface area (Å²) in [7, 11) is 3.94. The van der Waals surface area contributed by atoms with Crippen molar-refractivity contribution in [3.05, 3.63) is 106 Å². The van der Waals surface area contributed by atoms with Crippen molar-refractivity contribution in [3.63, 3.8) is 0 Å². The number of anilines is 2. The number of nitrogens with zero attached hydrogens (tertiary/aromatic N) is 4. The highest BCUT2D eigenvalue weighted by atomic mass is 16.6. The third kappa shape index (κ3) is 4.06. The second kappa shape index (κ2) is 8.23. The molecule has 0 aliphatic carbocycles. The van der Waals surface area contributed by atoms with Crippen LogP contribution in [-0.2, 0) is 4.79 Å². The summed E-state index contributed by atoms with van der Waals surface area (Å²) in [4.78, 5) is 25.8. The molecule has 3 aromatic carbocycles. The molecule has 0 saturated heterocycles. The lowest BCUT2D eigenvalue weighted by atomic mass is 10.00. The van der Waals surface area contributed by atoms with Gasteiger partial charge in [0.05, 0.1) is 16.2 Å². The van der Waals surface area contributed by atoms with Crippen molar-refractivity contribution in [3.8, 4) is 0 Å². The van der Waals surface area contributed by atoms with Crippen molar-refractivity contribution in [1.29, 1.82) is 0 Å². The van der Waals surface area contributed by atoms with Gasteiger partial charge < -0.3 is 4.90 Å². The Morgan fingerprint density at radius 2 is 1.58 bits per heavy atom. The smallest absolute Gasteiger partial charge is 0.281 e. The van der Waals surface area contributed by atoms with Gasteiger partial charge in [0.2, 0.25) is 0 Å². The van der Waals surface area contributed by atoms with Crippen LogP contribution in [0.1, 0.15) is 11.1 Å². The molecule has 31 heavy (non-hydrogen) atoms. The Kier molecular flexibility index (Phi) is 5.32. The summed E-state index contributed by atoms with van der Waals surface area (Å²) in [5.74, 6) is -0.288. The molecule has 3 aromatic rings. The zero-order valence-corrected chi connectivity index (χ0v) is 17.1. The topological polar surface area (TPSA) is 79.0 Å². The summed E-state index contributed by atoms with van der Waals surface area (Å²) in [6.45, 7) is 0. The predicted molar refractivity (Wildman–Crippen MR) is 122 cm³/mol. The summed E-state index contributed by atoms with van der Waals surface area (Å²) in [6.07, 6.45) is 1.82. The number of nitro benzene ring substituents is 1. The van der Waals surface area contributed by atoms with Gasteiger partial charge in [-0.1, -0.05) is 42.5 Å². The van der Waals surface area contributed by atoms with Crippen LogP contribution in [0, 0.1) is 10.1 Å². The van der Waals surface area contributed by atoms with Crippen molar-refractivity contribution in [2.45, 2.75) is 0 Å². The molecule has 0 spiro atoms. The van der Waals surface area contributed by atoms with Crippen molar-refractivity contribution >= 4 is 34.8 Å². The quantitative estimate of drug-likeness (QED) is 0.351. The number of hydrazone groups is 1. The molecule has 154 valence electrons. The van der Waals surface area contributed by atoms with Crippen molar-refractivity contribution in [2.24, 2.45) is 5.10 Å². The zero-order chi connectivity index (χ0) is 22.0. The normalized spacial score (nSPS) is 14.6. The molecular weight excluding hydrogens is 392 g/mol. The molecule has 1 aliphatic rings. The summed E-state index contributed by atoms with van der Waals surface area (Å²) >= 11 is 0. The number of hydrogen-bond acceptors (Lipinski definition) is 5. The number of carbonyl (C=O) groups is 1. The van der Waals surface area contributed by atoms with E-state index in [0.717, 1.165) is 16.8 Å². The highest BCUT2D eigenvalue weighted by Crippen LogP contribution is 2.29. The molecule has 1 aliphatic heterocycles. The minimum atomic E-state index is -0.475. The SMILES string of the molecule is CN(C)c1ccc(C=C2C(=O)N(c3ccc([N+](=O)[O-])cc3)N=C2c2ccccc2)cc1.